The van der Waals surface area contributed by atoms with Crippen LogP contribution in [-0.2, 0) is 13.0 Å². The van der Waals surface area contributed by atoms with Crippen LogP contribution < -0.4 is 11.1 Å². The molecule has 0 fully saturated rings. The van der Waals surface area contributed by atoms with Crippen LogP contribution in [0.2, 0.25) is 0 Å². The summed E-state index contributed by atoms with van der Waals surface area (Å²) in [6.07, 6.45) is -1.58. The van der Waals surface area contributed by atoms with Crippen LogP contribution in [0.4, 0.5) is 20.2 Å². The number of hydrogen-bond donors (Lipinski definition) is 2. The van der Waals surface area contributed by atoms with Crippen LogP contribution in [0.25, 0.3) is 0 Å². The van der Waals surface area contributed by atoms with E-state index in [1.807, 2.05) is 5.38 Å². The Balaban J connectivity index is 2.15. The molecular formula is C14H16F2N2S. The van der Waals surface area contributed by atoms with E-state index in [4.69, 9.17) is 5.73 Å². The third kappa shape index (κ3) is 3.23. The largest absolute Gasteiger partial charge is 0.399 e. The summed E-state index contributed by atoms with van der Waals surface area (Å²) in [7, 11) is 0. The van der Waals surface area contributed by atoms with Crippen molar-refractivity contribution in [1.29, 1.82) is 0 Å². The van der Waals surface area contributed by atoms with Gasteiger partial charge in [-0.25, -0.2) is 8.78 Å². The van der Waals surface area contributed by atoms with Gasteiger partial charge in [0, 0.05) is 28.4 Å². The van der Waals surface area contributed by atoms with E-state index in [0.717, 1.165) is 6.42 Å². The number of anilines is 2. The number of nitrogens with two attached hydrogens (primary N) is 1. The number of hydrogen-bond acceptors (Lipinski definition) is 3. The van der Waals surface area contributed by atoms with Crippen LogP contribution in [0, 0.1) is 0 Å². The maximum Gasteiger partial charge on any atom is 0.265 e. The van der Waals surface area contributed by atoms with E-state index in [9.17, 15) is 8.78 Å². The number of nitrogens with one attached hydrogen (secondary N) is 1. The molecule has 0 saturated carbocycles. The molecule has 19 heavy (non-hydrogen) atoms. The fraction of sp³-hybridized carbons (Fsp3) is 0.286. The Kier molecular flexibility index (Phi) is 4.37. The first-order chi connectivity index (χ1) is 9.11. The maximum absolute atomic E-state index is 12.9. The van der Waals surface area contributed by atoms with E-state index >= 15 is 0 Å². The number of aryl methyl sites for hydroxylation is 1. The fourth-order valence-electron chi connectivity index (χ4n) is 1.94. The highest BCUT2D eigenvalue weighted by molar-refractivity contribution is 7.10. The Morgan fingerprint density at radius 1 is 1.32 bits per heavy atom. The van der Waals surface area contributed by atoms with E-state index in [2.05, 4.69) is 18.3 Å². The zero-order valence-corrected chi connectivity index (χ0v) is 11.4. The smallest absolute Gasteiger partial charge is 0.265 e. The molecule has 1 aromatic heterocycles. The highest BCUT2D eigenvalue weighted by Gasteiger charge is 2.13. The quantitative estimate of drug-likeness (QED) is 0.795. The van der Waals surface area contributed by atoms with E-state index in [0.29, 0.717) is 17.9 Å². The van der Waals surface area contributed by atoms with Crippen LogP contribution >= 0.6 is 11.3 Å². The Morgan fingerprint density at radius 3 is 2.79 bits per heavy atom. The molecule has 2 nitrogen and oxygen atoms in total. The second kappa shape index (κ2) is 6.02. The first-order valence-electron chi connectivity index (χ1n) is 6.08. The number of thiophene rings is 1. The summed E-state index contributed by atoms with van der Waals surface area (Å²) in [5, 5.41) is 5.09. The summed E-state index contributed by atoms with van der Waals surface area (Å²) in [4.78, 5) is 1.18. The van der Waals surface area contributed by atoms with Crippen molar-refractivity contribution in [2.24, 2.45) is 0 Å². The molecule has 0 spiro atoms. The lowest BCUT2D eigenvalue weighted by Crippen LogP contribution is -2.03. The van der Waals surface area contributed by atoms with Gasteiger partial charge in [-0.2, -0.15) is 0 Å². The van der Waals surface area contributed by atoms with E-state index in [-0.39, 0.29) is 5.56 Å². The zero-order valence-electron chi connectivity index (χ0n) is 10.6. The minimum atomic E-state index is -2.53. The van der Waals surface area contributed by atoms with Gasteiger partial charge >= 0.3 is 0 Å². The molecule has 102 valence electrons. The summed E-state index contributed by atoms with van der Waals surface area (Å²) >= 11 is 1.64. The Hall–Kier alpha value is -1.62. The molecule has 0 aliphatic heterocycles. The third-order valence-corrected chi connectivity index (χ3v) is 3.93. The van der Waals surface area contributed by atoms with Gasteiger partial charge < -0.3 is 11.1 Å². The summed E-state index contributed by atoms with van der Waals surface area (Å²) in [5.74, 6) is 0. The number of benzene rings is 1. The van der Waals surface area contributed by atoms with E-state index in [1.54, 1.807) is 23.5 Å². The maximum atomic E-state index is 12.9. The van der Waals surface area contributed by atoms with Crippen molar-refractivity contribution in [2.75, 3.05) is 11.1 Å². The topological polar surface area (TPSA) is 38.0 Å². The van der Waals surface area contributed by atoms with Crippen molar-refractivity contribution in [3.05, 3.63) is 45.6 Å². The highest BCUT2D eigenvalue weighted by Crippen LogP contribution is 2.30. The number of nitrogen functional groups attached to an aromatic ring is 1. The van der Waals surface area contributed by atoms with E-state index in [1.165, 1.54) is 16.5 Å². The molecule has 0 saturated heterocycles. The van der Waals surface area contributed by atoms with Gasteiger partial charge in [0.1, 0.15) is 0 Å². The Labute approximate surface area is 115 Å². The monoisotopic (exact) mass is 282 g/mol. The summed E-state index contributed by atoms with van der Waals surface area (Å²) in [5.41, 5.74) is 7.55. The molecule has 0 bridgehead atoms. The van der Waals surface area contributed by atoms with Crippen LogP contribution in [0.3, 0.4) is 0 Å². The van der Waals surface area contributed by atoms with Crippen LogP contribution in [0.5, 0.6) is 0 Å². The van der Waals surface area contributed by atoms with Gasteiger partial charge in [-0.05, 0) is 41.6 Å². The van der Waals surface area contributed by atoms with Gasteiger partial charge in [-0.3, -0.25) is 0 Å². The molecule has 0 amide bonds. The molecule has 2 aromatic rings. The number of alkyl halides is 2. The molecule has 0 aliphatic rings. The second-order valence-electron chi connectivity index (χ2n) is 4.22. The Bertz CT molecular complexity index is 552. The predicted molar refractivity (Wildman–Crippen MR) is 76.8 cm³/mol. The minimum Gasteiger partial charge on any atom is -0.399 e. The van der Waals surface area contributed by atoms with E-state index < -0.39 is 6.43 Å². The van der Waals surface area contributed by atoms with Crippen molar-refractivity contribution >= 4 is 22.7 Å². The van der Waals surface area contributed by atoms with Gasteiger partial charge in [-0.15, -0.1) is 11.3 Å². The zero-order chi connectivity index (χ0) is 13.8. The number of rotatable bonds is 5. The normalized spacial score (nSPS) is 10.9. The molecule has 1 heterocycles. The lowest BCUT2D eigenvalue weighted by Gasteiger charge is -2.12. The van der Waals surface area contributed by atoms with Crippen molar-refractivity contribution in [2.45, 2.75) is 26.3 Å². The molecule has 2 rings (SSSR count). The molecule has 0 aliphatic carbocycles. The van der Waals surface area contributed by atoms with Crippen molar-refractivity contribution in [3.63, 3.8) is 0 Å². The molecular weight excluding hydrogens is 266 g/mol. The average molecular weight is 282 g/mol. The standard InChI is InChI=1S/C14H16F2N2S/c1-2-9-5-6-19-13(9)8-18-12-4-3-10(17)7-11(12)14(15)16/h3-7,14,18H,2,8,17H2,1H3. The molecule has 0 unspecified atom stereocenters. The first kappa shape index (κ1) is 13.8. The van der Waals surface area contributed by atoms with Crippen LogP contribution in [0.1, 0.15) is 29.4 Å². The molecule has 0 atom stereocenters. The SMILES string of the molecule is CCc1ccsc1CNc1ccc(N)cc1C(F)F. The summed E-state index contributed by atoms with van der Waals surface area (Å²) in [6.45, 7) is 2.64. The van der Waals surface area contributed by atoms with Gasteiger partial charge in [-0.1, -0.05) is 6.92 Å². The first-order valence-corrected chi connectivity index (χ1v) is 6.96. The fourth-order valence-corrected chi connectivity index (χ4v) is 2.85. The summed E-state index contributed by atoms with van der Waals surface area (Å²) in [6, 6.07) is 6.63. The van der Waals surface area contributed by atoms with Gasteiger partial charge in [0.25, 0.3) is 6.43 Å². The number of halogens is 2. The highest BCUT2D eigenvalue weighted by atomic mass is 32.1. The third-order valence-electron chi connectivity index (χ3n) is 2.97. The van der Waals surface area contributed by atoms with Gasteiger partial charge in [0.15, 0.2) is 0 Å². The Morgan fingerprint density at radius 2 is 2.11 bits per heavy atom. The lowest BCUT2D eigenvalue weighted by atomic mass is 10.1. The molecule has 1 aromatic carbocycles. The van der Waals surface area contributed by atoms with Crippen molar-refractivity contribution < 1.29 is 8.78 Å². The molecule has 0 radical (unpaired) electrons. The van der Waals surface area contributed by atoms with Gasteiger partial charge in [0.2, 0.25) is 0 Å². The molecule has 5 heteroatoms. The summed E-state index contributed by atoms with van der Waals surface area (Å²) < 4.78 is 25.9. The average Bonchev–Trinajstić information content (AvgIpc) is 2.84. The predicted octanol–water partition coefficient (Wildman–Crippen LogP) is 4.44. The van der Waals surface area contributed by atoms with Crippen molar-refractivity contribution in [3.8, 4) is 0 Å². The van der Waals surface area contributed by atoms with Gasteiger partial charge in [0.05, 0.1) is 0 Å². The van der Waals surface area contributed by atoms with Crippen LogP contribution in [-0.4, -0.2) is 0 Å². The second-order valence-corrected chi connectivity index (χ2v) is 5.22. The minimum absolute atomic E-state index is 0.0467. The lowest BCUT2D eigenvalue weighted by molar-refractivity contribution is 0.152. The van der Waals surface area contributed by atoms with Crippen LogP contribution in [0.15, 0.2) is 29.6 Å². The van der Waals surface area contributed by atoms with Crippen molar-refractivity contribution in [1.82, 2.24) is 0 Å². The molecule has 3 N–H and O–H groups in total.